The highest BCUT2D eigenvalue weighted by atomic mass is 127. The molecule has 0 aliphatic rings. The number of hydrogen-bond acceptors (Lipinski definition) is 6. The number of rotatable bonds is 5. The molecule has 4 aromatic rings. The first-order chi connectivity index (χ1) is 14.0. The second kappa shape index (κ2) is 7.70. The molecule has 0 amide bonds. The van der Waals surface area contributed by atoms with Gasteiger partial charge in [-0.1, -0.05) is 6.07 Å². The molecule has 0 radical (unpaired) electrons. The standard InChI is InChI=1S/C19H16FIN6O2/c1-27-19(28)16-13(23-12-5-3-4-11(20)17(12)29-2)8-15(25-18(16)26-27)24-14-7-6-10(21)9-22-14/h3-9H,1-2H3,(H3,22,23,24,25,26). The van der Waals surface area contributed by atoms with Crippen molar-refractivity contribution in [3.63, 3.8) is 0 Å². The molecule has 0 bridgehead atoms. The fourth-order valence-electron chi connectivity index (χ4n) is 2.92. The van der Waals surface area contributed by atoms with E-state index in [-0.39, 0.29) is 11.3 Å². The Kier molecular flexibility index (Phi) is 5.09. The zero-order valence-electron chi connectivity index (χ0n) is 15.5. The van der Waals surface area contributed by atoms with E-state index in [1.54, 1.807) is 31.4 Å². The molecule has 8 nitrogen and oxygen atoms in total. The van der Waals surface area contributed by atoms with Crippen LogP contribution in [0.15, 0.2) is 47.4 Å². The molecule has 0 spiro atoms. The first-order valence-electron chi connectivity index (χ1n) is 8.54. The number of benzene rings is 1. The van der Waals surface area contributed by atoms with Crippen molar-refractivity contribution in [2.24, 2.45) is 7.05 Å². The van der Waals surface area contributed by atoms with Crippen LogP contribution < -0.4 is 20.9 Å². The summed E-state index contributed by atoms with van der Waals surface area (Å²) in [6.07, 6.45) is 1.72. The number of fused-ring (bicyclic) bond motifs is 1. The van der Waals surface area contributed by atoms with Gasteiger partial charge in [-0.25, -0.2) is 14.4 Å². The molecule has 0 aliphatic heterocycles. The highest BCUT2D eigenvalue weighted by Crippen LogP contribution is 2.33. The Bertz CT molecular complexity index is 1250. The van der Waals surface area contributed by atoms with Gasteiger partial charge in [0.05, 0.1) is 18.5 Å². The summed E-state index contributed by atoms with van der Waals surface area (Å²) in [4.78, 5) is 21.3. The first kappa shape index (κ1) is 19.2. The summed E-state index contributed by atoms with van der Waals surface area (Å²) in [6.45, 7) is 0. The molecular formula is C19H16FIN6O2. The predicted octanol–water partition coefficient (Wildman–Crippen LogP) is 3.90. The zero-order valence-corrected chi connectivity index (χ0v) is 17.6. The fraction of sp³-hybridized carbons (Fsp3) is 0.105. The lowest BCUT2D eigenvalue weighted by Gasteiger charge is -2.13. The average Bonchev–Trinajstić information content (AvgIpc) is 2.98. The van der Waals surface area contributed by atoms with Crippen molar-refractivity contribution in [2.75, 3.05) is 17.7 Å². The summed E-state index contributed by atoms with van der Waals surface area (Å²) in [5.74, 6) is 0.612. The smallest absolute Gasteiger partial charge is 0.277 e. The molecule has 0 aliphatic carbocycles. The van der Waals surface area contributed by atoms with E-state index in [9.17, 15) is 9.18 Å². The topological polar surface area (TPSA) is 96.9 Å². The molecule has 3 aromatic heterocycles. The van der Waals surface area contributed by atoms with Gasteiger partial charge in [-0.15, -0.1) is 0 Å². The van der Waals surface area contributed by atoms with Crippen LogP contribution in [-0.2, 0) is 7.05 Å². The number of para-hydroxylation sites is 1. The Balaban J connectivity index is 1.82. The molecule has 3 heterocycles. The molecule has 0 atom stereocenters. The molecule has 10 heteroatoms. The van der Waals surface area contributed by atoms with Crippen molar-refractivity contribution < 1.29 is 9.13 Å². The van der Waals surface area contributed by atoms with Crippen molar-refractivity contribution in [1.29, 1.82) is 0 Å². The normalized spacial score (nSPS) is 10.9. The Hall–Kier alpha value is -3.15. The van der Waals surface area contributed by atoms with Crippen molar-refractivity contribution in [3.05, 3.63) is 62.3 Å². The van der Waals surface area contributed by atoms with E-state index >= 15 is 0 Å². The van der Waals surface area contributed by atoms with Crippen LogP contribution in [0.1, 0.15) is 0 Å². The highest BCUT2D eigenvalue weighted by molar-refractivity contribution is 14.1. The lowest BCUT2D eigenvalue weighted by atomic mass is 10.2. The second-order valence-corrected chi connectivity index (χ2v) is 7.43. The molecule has 0 saturated carbocycles. The van der Waals surface area contributed by atoms with Crippen LogP contribution >= 0.6 is 22.6 Å². The van der Waals surface area contributed by atoms with Gasteiger partial charge in [0.15, 0.2) is 17.2 Å². The van der Waals surface area contributed by atoms with E-state index in [1.165, 1.54) is 17.9 Å². The largest absolute Gasteiger partial charge is 0.492 e. The van der Waals surface area contributed by atoms with Crippen LogP contribution in [0.25, 0.3) is 11.0 Å². The number of halogens is 2. The summed E-state index contributed by atoms with van der Waals surface area (Å²) in [5, 5.41) is 9.47. The van der Waals surface area contributed by atoms with Gasteiger partial charge in [0.2, 0.25) is 0 Å². The Labute approximate surface area is 178 Å². The van der Waals surface area contributed by atoms with E-state index in [0.717, 1.165) is 3.57 Å². The number of anilines is 4. The maximum Gasteiger partial charge on any atom is 0.277 e. The Morgan fingerprint density at radius 1 is 1.17 bits per heavy atom. The van der Waals surface area contributed by atoms with Gasteiger partial charge in [0.1, 0.15) is 17.0 Å². The number of aromatic amines is 1. The maximum atomic E-state index is 14.1. The van der Waals surface area contributed by atoms with Gasteiger partial charge < -0.3 is 15.4 Å². The molecule has 4 rings (SSSR count). The maximum absolute atomic E-state index is 14.1. The fourth-order valence-corrected chi connectivity index (χ4v) is 3.24. The molecule has 29 heavy (non-hydrogen) atoms. The Morgan fingerprint density at radius 2 is 2.00 bits per heavy atom. The molecule has 0 unspecified atom stereocenters. The molecule has 3 N–H and O–H groups in total. The van der Waals surface area contributed by atoms with Gasteiger partial charge in [-0.3, -0.25) is 14.6 Å². The van der Waals surface area contributed by atoms with E-state index in [0.29, 0.717) is 34.0 Å². The van der Waals surface area contributed by atoms with E-state index in [1.807, 2.05) is 12.1 Å². The summed E-state index contributed by atoms with van der Waals surface area (Å²) < 4.78 is 21.6. The van der Waals surface area contributed by atoms with E-state index in [2.05, 4.69) is 48.3 Å². The quantitative estimate of drug-likeness (QED) is 0.356. The van der Waals surface area contributed by atoms with Crippen LogP contribution in [0.3, 0.4) is 0 Å². The number of methoxy groups -OCH3 is 1. The minimum Gasteiger partial charge on any atom is -0.492 e. The highest BCUT2D eigenvalue weighted by Gasteiger charge is 2.16. The number of aryl methyl sites for hydroxylation is 1. The van der Waals surface area contributed by atoms with Crippen molar-refractivity contribution >= 4 is 56.6 Å². The minimum absolute atomic E-state index is 0.0543. The summed E-state index contributed by atoms with van der Waals surface area (Å²) in [6, 6.07) is 9.93. The second-order valence-electron chi connectivity index (χ2n) is 6.19. The van der Waals surface area contributed by atoms with Crippen LogP contribution in [0.4, 0.5) is 27.4 Å². The zero-order chi connectivity index (χ0) is 20.5. The lowest BCUT2D eigenvalue weighted by molar-refractivity contribution is 0.388. The third-order valence-corrected chi connectivity index (χ3v) is 4.87. The van der Waals surface area contributed by atoms with Gasteiger partial charge in [0, 0.05) is 22.9 Å². The van der Waals surface area contributed by atoms with E-state index < -0.39 is 5.82 Å². The lowest BCUT2D eigenvalue weighted by Crippen LogP contribution is -2.12. The van der Waals surface area contributed by atoms with Crippen molar-refractivity contribution in [1.82, 2.24) is 19.7 Å². The number of ether oxygens (including phenoxy) is 1. The Morgan fingerprint density at radius 3 is 2.72 bits per heavy atom. The number of aromatic nitrogens is 4. The summed E-state index contributed by atoms with van der Waals surface area (Å²) >= 11 is 2.17. The molecule has 1 aromatic carbocycles. The van der Waals surface area contributed by atoms with Crippen molar-refractivity contribution in [3.8, 4) is 5.75 Å². The SMILES string of the molecule is COc1c(F)cccc1Nc1cc(Nc2ccc(I)cn2)nc2[nH]n(C)c(=O)c12. The summed E-state index contributed by atoms with van der Waals surface area (Å²) in [7, 11) is 2.99. The van der Waals surface area contributed by atoms with Crippen molar-refractivity contribution in [2.45, 2.75) is 0 Å². The minimum atomic E-state index is -0.508. The van der Waals surface area contributed by atoms with Gasteiger partial charge in [0.25, 0.3) is 5.56 Å². The number of nitrogens with zero attached hydrogens (tertiary/aromatic N) is 3. The predicted molar refractivity (Wildman–Crippen MR) is 118 cm³/mol. The van der Waals surface area contributed by atoms with E-state index in [4.69, 9.17) is 4.74 Å². The number of hydrogen-bond donors (Lipinski definition) is 3. The number of H-pyrrole nitrogens is 1. The first-order valence-corrected chi connectivity index (χ1v) is 9.62. The van der Waals surface area contributed by atoms with Gasteiger partial charge in [-0.05, 0) is 46.9 Å². The van der Waals surface area contributed by atoms with Crippen LogP contribution in [0.5, 0.6) is 5.75 Å². The average molecular weight is 506 g/mol. The van der Waals surface area contributed by atoms with Crippen LogP contribution in [0, 0.1) is 9.39 Å². The molecule has 0 fully saturated rings. The summed E-state index contributed by atoms with van der Waals surface area (Å²) in [5.41, 5.74) is 0.963. The molecule has 0 saturated heterocycles. The monoisotopic (exact) mass is 506 g/mol. The number of nitrogens with one attached hydrogen (secondary N) is 3. The van der Waals surface area contributed by atoms with Gasteiger partial charge >= 0.3 is 0 Å². The number of pyridine rings is 2. The molecular weight excluding hydrogens is 490 g/mol. The van der Waals surface area contributed by atoms with Gasteiger partial charge in [-0.2, -0.15) is 0 Å². The third kappa shape index (κ3) is 3.75. The third-order valence-electron chi connectivity index (χ3n) is 4.24. The molecule has 148 valence electrons. The van der Waals surface area contributed by atoms with Crippen LogP contribution in [-0.4, -0.2) is 26.9 Å². The van der Waals surface area contributed by atoms with Crippen LogP contribution in [0.2, 0.25) is 0 Å².